The molecule has 1 heterocycles. The van der Waals surface area contributed by atoms with E-state index in [9.17, 15) is 4.79 Å². The Morgan fingerprint density at radius 3 is 2.68 bits per heavy atom. The number of nitrogens with one attached hydrogen (secondary N) is 1. The van der Waals surface area contributed by atoms with Crippen molar-refractivity contribution in [3.05, 3.63) is 60.2 Å². The summed E-state index contributed by atoms with van der Waals surface area (Å²) in [7, 11) is 1.62. The lowest BCUT2D eigenvalue weighted by Crippen LogP contribution is -2.20. The maximum absolute atomic E-state index is 12.6. The molecule has 0 saturated carbocycles. The maximum atomic E-state index is 12.6. The van der Waals surface area contributed by atoms with E-state index in [0.717, 1.165) is 28.3 Å². The Morgan fingerprint density at radius 2 is 1.96 bits per heavy atom. The van der Waals surface area contributed by atoms with Crippen LogP contribution in [0.2, 0.25) is 0 Å². The SMILES string of the molecule is CC[C@@H](C(=O)Nc1nnc(-c2cccc(OC)c2)s1)c1ccccc1. The Hall–Kier alpha value is -2.73. The summed E-state index contributed by atoms with van der Waals surface area (Å²) in [6, 6.07) is 17.4. The van der Waals surface area contributed by atoms with Gasteiger partial charge in [0.25, 0.3) is 0 Å². The zero-order valence-electron chi connectivity index (χ0n) is 14.1. The number of aromatic nitrogens is 2. The van der Waals surface area contributed by atoms with Gasteiger partial charge in [0.1, 0.15) is 10.8 Å². The van der Waals surface area contributed by atoms with E-state index < -0.39 is 0 Å². The average molecular weight is 353 g/mol. The Labute approximate surface area is 150 Å². The molecule has 6 heteroatoms. The molecule has 0 radical (unpaired) electrons. The van der Waals surface area contributed by atoms with Crippen LogP contribution in [0.4, 0.5) is 5.13 Å². The molecule has 1 N–H and O–H groups in total. The topological polar surface area (TPSA) is 64.1 Å². The van der Waals surface area contributed by atoms with Gasteiger partial charge in [-0.05, 0) is 24.1 Å². The molecule has 5 nitrogen and oxygen atoms in total. The predicted molar refractivity (Wildman–Crippen MR) is 100 cm³/mol. The normalized spacial score (nSPS) is 11.8. The lowest BCUT2D eigenvalue weighted by atomic mass is 9.96. The fourth-order valence-electron chi connectivity index (χ4n) is 2.60. The van der Waals surface area contributed by atoms with Gasteiger partial charge in [-0.2, -0.15) is 0 Å². The third-order valence-electron chi connectivity index (χ3n) is 3.90. The van der Waals surface area contributed by atoms with Crippen LogP contribution in [0.1, 0.15) is 24.8 Å². The molecular weight excluding hydrogens is 334 g/mol. The van der Waals surface area contributed by atoms with Gasteiger partial charge in [0.05, 0.1) is 13.0 Å². The molecule has 2 aromatic carbocycles. The van der Waals surface area contributed by atoms with Crippen LogP contribution in [0.15, 0.2) is 54.6 Å². The zero-order valence-corrected chi connectivity index (χ0v) is 14.9. The molecule has 25 heavy (non-hydrogen) atoms. The Morgan fingerprint density at radius 1 is 1.16 bits per heavy atom. The monoisotopic (exact) mass is 353 g/mol. The number of carbonyl (C=O) groups is 1. The lowest BCUT2D eigenvalue weighted by Gasteiger charge is -2.13. The standard InChI is InChI=1S/C19H19N3O2S/c1-3-16(13-8-5-4-6-9-13)17(23)20-19-22-21-18(25-19)14-10-7-11-15(12-14)24-2/h4-12,16H,3H2,1-2H3,(H,20,22,23)/t16-/m1/s1. The largest absolute Gasteiger partial charge is 0.497 e. The first-order valence-corrected chi connectivity index (χ1v) is 8.86. The van der Waals surface area contributed by atoms with Crippen molar-refractivity contribution in [3.63, 3.8) is 0 Å². The van der Waals surface area contributed by atoms with Crippen molar-refractivity contribution >= 4 is 22.4 Å². The molecule has 3 rings (SSSR count). The molecule has 0 bridgehead atoms. The van der Waals surface area contributed by atoms with Crippen molar-refractivity contribution in [1.82, 2.24) is 10.2 Å². The third kappa shape index (κ3) is 4.03. The van der Waals surface area contributed by atoms with Crippen molar-refractivity contribution in [3.8, 4) is 16.3 Å². The Balaban J connectivity index is 1.75. The van der Waals surface area contributed by atoms with E-state index in [1.165, 1.54) is 11.3 Å². The second-order valence-electron chi connectivity index (χ2n) is 5.51. The molecule has 0 spiro atoms. The fourth-order valence-corrected chi connectivity index (χ4v) is 3.34. The predicted octanol–water partition coefficient (Wildman–Crippen LogP) is 4.35. The van der Waals surface area contributed by atoms with E-state index in [2.05, 4.69) is 15.5 Å². The summed E-state index contributed by atoms with van der Waals surface area (Å²) in [4.78, 5) is 12.6. The Kier molecular flexibility index (Phi) is 5.40. The van der Waals surface area contributed by atoms with E-state index in [1.807, 2.05) is 61.5 Å². The van der Waals surface area contributed by atoms with Gasteiger partial charge in [-0.25, -0.2) is 0 Å². The summed E-state index contributed by atoms with van der Waals surface area (Å²) in [5.74, 6) is 0.487. The van der Waals surface area contributed by atoms with Crippen LogP contribution < -0.4 is 10.1 Å². The molecule has 1 atom stereocenters. The van der Waals surface area contributed by atoms with Crippen molar-refractivity contribution in [1.29, 1.82) is 0 Å². The summed E-state index contributed by atoms with van der Waals surface area (Å²) in [6.07, 6.45) is 0.720. The van der Waals surface area contributed by atoms with Crippen LogP contribution >= 0.6 is 11.3 Å². The van der Waals surface area contributed by atoms with E-state index in [0.29, 0.717) is 5.13 Å². The fraction of sp³-hybridized carbons (Fsp3) is 0.211. The second-order valence-corrected chi connectivity index (χ2v) is 6.48. The average Bonchev–Trinajstić information content (AvgIpc) is 3.12. The van der Waals surface area contributed by atoms with E-state index in [4.69, 9.17) is 4.74 Å². The van der Waals surface area contributed by atoms with E-state index in [1.54, 1.807) is 7.11 Å². The van der Waals surface area contributed by atoms with Crippen molar-refractivity contribution < 1.29 is 9.53 Å². The number of benzene rings is 2. The molecule has 1 aromatic heterocycles. The number of methoxy groups -OCH3 is 1. The summed E-state index contributed by atoms with van der Waals surface area (Å²) >= 11 is 1.35. The highest BCUT2D eigenvalue weighted by Crippen LogP contribution is 2.29. The number of nitrogens with zero attached hydrogens (tertiary/aromatic N) is 2. The van der Waals surface area contributed by atoms with Crippen LogP contribution in [0.25, 0.3) is 10.6 Å². The minimum atomic E-state index is -0.203. The highest BCUT2D eigenvalue weighted by molar-refractivity contribution is 7.18. The van der Waals surface area contributed by atoms with Crippen molar-refractivity contribution in [2.24, 2.45) is 0 Å². The summed E-state index contributed by atoms with van der Waals surface area (Å²) in [5.41, 5.74) is 1.91. The highest BCUT2D eigenvalue weighted by Gasteiger charge is 2.20. The van der Waals surface area contributed by atoms with Gasteiger partial charge in [-0.3, -0.25) is 10.1 Å². The highest BCUT2D eigenvalue weighted by atomic mass is 32.1. The quantitative estimate of drug-likeness (QED) is 0.716. The second kappa shape index (κ2) is 7.90. The van der Waals surface area contributed by atoms with Gasteiger partial charge >= 0.3 is 0 Å². The summed E-state index contributed by atoms with van der Waals surface area (Å²) in [5, 5.41) is 12.4. The summed E-state index contributed by atoms with van der Waals surface area (Å²) in [6.45, 7) is 2.00. The number of anilines is 1. The lowest BCUT2D eigenvalue weighted by molar-refractivity contribution is -0.117. The van der Waals surface area contributed by atoms with Crippen LogP contribution in [-0.4, -0.2) is 23.2 Å². The van der Waals surface area contributed by atoms with Crippen molar-refractivity contribution in [2.45, 2.75) is 19.3 Å². The molecule has 0 aliphatic heterocycles. The number of rotatable bonds is 6. The van der Waals surface area contributed by atoms with Gasteiger partial charge in [0.2, 0.25) is 11.0 Å². The molecule has 1 amide bonds. The molecule has 3 aromatic rings. The molecule has 0 fully saturated rings. The van der Waals surface area contributed by atoms with Gasteiger partial charge in [0.15, 0.2) is 0 Å². The van der Waals surface area contributed by atoms with E-state index >= 15 is 0 Å². The third-order valence-corrected chi connectivity index (χ3v) is 4.79. The molecule has 0 unspecified atom stereocenters. The first-order chi connectivity index (χ1) is 12.2. The number of hydrogen-bond acceptors (Lipinski definition) is 5. The summed E-state index contributed by atoms with van der Waals surface area (Å²) < 4.78 is 5.23. The van der Waals surface area contributed by atoms with Gasteiger partial charge < -0.3 is 4.74 Å². The molecule has 0 aliphatic rings. The van der Waals surface area contributed by atoms with Gasteiger partial charge in [0, 0.05) is 5.56 Å². The minimum absolute atomic E-state index is 0.0676. The smallest absolute Gasteiger partial charge is 0.233 e. The number of ether oxygens (including phenoxy) is 1. The molecule has 0 aliphatic carbocycles. The van der Waals surface area contributed by atoms with Crippen LogP contribution in [0, 0.1) is 0 Å². The Bertz CT molecular complexity index is 849. The molecule has 128 valence electrons. The number of carbonyl (C=O) groups excluding carboxylic acids is 1. The van der Waals surface area contributed by atoms with Crippen LogP contribution in [0.3, 0.4) is 0 Å². The van der Waals surface area contributed by atoms with Gasteiger partial charge in [-0.15, -0.1) is 10.2 Å². The molecular formula is C19H19N3O2S. The first-order valence-electron chi connectivity index (χ1n) is 8.05. The van der Waals surface area contributed by atoms with Crippen molar-refractivity contribution in [2.75, 3.05) is 12.4 Å². The molecule has 0 saturated heterocycles. The number of amides is 1. The van der Waals surface area contributed by atoms with Crippen LogP contribution in [-0.2, 0) is 4.79 Å². The minimum Gasteiger partial charge on any atom is -0.497 e. The van der Waals surface area contributed by atoms with Gasteiger partial charge in [-0.1, -0.05) is 60.7 Å². The zero-order chi connectivity index (χ0) is 17.6. The van der Waals surface area contributed by atoms with Crippen LogP contribution in [0.5, 0.6) is 5.75 Å². The first kappa shape index (κ1) is 17.1. The van der Waals surface area contributed by atoms with E-state index in [-0.39, 0.29) is 11.8 Å². The number of hydrogen-bond donors (Lipinski definition) is 1. The maximum Gasteiger partial charge on any atom is 0.233 e.